The summed E-state index contributed by atoms with van der Waals surface area (Å²) in [4.78, 5) is 40.6. The fourth-order valence-electron chi connectivity index (χ4n) is 4.04. The summed E-state index contributed by atoms with van der Waals surface area (Å²) in [5, 5.41) is 9.67. The first-order chi connectivity index (χ1) is 14.4. The third-order valence-electron chi connectivity index (χ3n) is 5.67. The maximum atomic E-state index is 13.3. The highest BCUT2D eigenvalue weighted by atomic mass is 16.5. The number of carbonyl (C=O) groups excluding carboxylic acids is 2. The minimum atomic E-state index is -1.12. The molecule has 1 unspecified atom stereocenters. The van der Waals surface area contributed by atoms with E-state index in [0.717, 1.165) is 0 Å². The lowest BCUT2D eigenvalue weighted by Crippen LogP contribution is -2.58. The van der Waals surface area contributed by atoms with Gasteiger partial charge in [-0.3, -0.25) is 14.5 Å². The van der Waals surface area contributed by atoms with Crippen molar-refractivity contribution in [3.05, 3.63) is 54.0 Å². The van der Waals surface area contributed by atoms with Gasteiger partial charge in [0.1, 0.15) is 11.5 Å². The average molecular weight is 414 g/mol. The van der Waals surface area contributed by atoms with Gasteiger partial charge in [0.05, 0.1) is 20.0 Å². The number of carboxylic acid groups (broad SMARTS) is 1. The molecule has 9 nitrogen and oxygen atoms in total. The normalized spacial score (nSPS) is 20.4. The van der Waals surface area contributed by atoms with E-state index < -0.39 is 23.6 Å². The number of hydrogen-bond acceptors (Lipinski definition) is 6. The van der Waals surface area contributed by atoms with E-state index in [-0.39, 0.29) is 18.3 Å². The summed E-state index contributed by atoms with van der Waals surface area (Å²) in [6, 6.07) is 8.65. The molecule has 0 saturated carbocycles. The van der Waals surface area contributed by atoms with E-state index in [1.54, 1.807) is 41.3 Å². The number of ether oxygens (including phenoxy) is 2. The van der Waals surface area contributed by atoms with Crippen molar-refractivity contribution in [2.24, 2.45) is 0 Å². The lowest BCUT2D eigenvalue weighted by Gasteiger charge is -2.44. The minimum Gasteiger partial charge on any atom is -0.497 e. The molecular formula is C21H22N2O7. The summed E-state index contributed by atoms with van der Waals surface area (Å²) in [6.07, 6.45) is 2.06. The van der Waals surface area contributed by atoms with E-state index in [9.17, 15) is 19.5 Å². The molecule has 1 aromatic carbocycles. The number of likely N-dealkylation sites (tertiary alicyclic amines) is 1. The summed E-state index contributed by atoms with van der Waals surface area (Å²) in [7, 11) is 1.53. The van der Waals surface area contributed by atoms with Crippen LogP contribution < -0.4 is 4.74 Å². The number of aliphatic carboxylic acids is 1. The fraction of sp³-hybridized carbons (Fsp3) is 0.381. The van der Waals surface area contributed by atoms with E-state index in [1.165, 1.54) is 18.3 Å². The van der Waals surface area contributed by atoms with Crippen LogP contribution in [0.25, 0.3) is 0 Å². The lowest BCUT2D eigenvalue weighted by atomic mass is 9.96. The molecule has 0 radical (unpaired) electrons. The molecule has 0 aliphatic carbocycles. The number of methoxy groups -OCH3 is 1. The molecule has 1 atom stereocenters. The Kier molecular flexibility index (Phi) is 5.21. The monoisotopic (exact) mass is 414 g/mol. The standard InChI is InChI=1S/C21H22N2O7/c1-28-15-6-4-14(5-7-15)18(24)23-16(20(26)27)13-30-21(23)8-10-22(11-9-21)19(25)17-3-2-12-29-17/h2-7,12,16H,8-11,13H2,1H3,(H,26,27). The van der Waals surface area contributed by atoms with Crippen molar-refractivity contribution in [1.29, 1.82) is 0 Å². The number of piperidine rings is 1. The maximum absolute atomic E-state index is 13.3. The molecule has 0 bridgehead atoms. The Morgan fingerprint density at radius 1 is 1.10 bits per heavy atom. The van der Waals surface area contributed by atoms with Gasteiger partial charge in [-0.05, 0) is 36.4 Å². The molecule has 2 amide bonds. The predicted octanol–water partition coefficient (Wildman–Crippen LogP) is 1.85. The quantitative estimate of drug-likeness (QED) is 0.813. The van der Waals surface area contributed by atoms with Crippen LogP contribution in [0.1, 0.15) is 33.8 Å². The van der Waals surface area contributed by atoms with Crippen molar-refractivity contribution >= 4 is 17.8 Å². The molecule has 158 valence electrons. The van der Waals surface area contributed by atoms with Gasteiger partial charge in [0, 0.05) is 31.5 Å². The van der Waals surface area contributed by atoms with E-state index in [0.29, 0.717) is 37.2 Å². The van der Waals surface area contributed by atoms with E-state index in [1.807, 2.05) is 0 Å². The van der Waals surface area contributed by atoms with Gasteiger partial charge in [-0.15, -0.1) is 0 Å². The van der Waals surface area contributed by atoms with Crippen molar-refractivity contribution in [2.75, 3.05) is 26.8 Å². The van der Waals surface area contributed by atoms with E-state index >= 15 is 0 Å². The summed E-state index contributed by atoms with van der Waals surface area (Å²) in [6.45, 7) is 0.542. The topological polar surface area (TPSA) is 110 Å². The second-order valence-electron chi connectivity index (χ2n) is 7.28. The first-order valence-corrected chi connectivity index (χ1v) is 9.62. The van der Waals surface area contributed by atoms with Gasteiger partial charge in [0.2, 0.25) is 0 Å². The molecule has 2 aliphatic heterocycles. The molecule has 4 rings (SSSR count). The Morgan fingerprint density at radius 2 is 1.80 bits per heavy atom. The molecule has 30 heavy (non-hydrogen) atoms. The number of rotatable bonds is 4. The molecular weight excluding hydrogens is 392 g/mol. The minimum absolute atomic E-state index is 0.0939. The van der Waals surface area contributed by atoms with Gasteiger partial charge in [-0.1, -0.05) is 0 Å². The van der Waals surface area contributed by atoms with Gasteiger partial charge < -0.3 is 23.9 Å². The second-order valence-corrected chi connectivity index (χ2v) is 7.28. The number of furan rings is 1. The van der Waals surface area contributed by atoms with Gasteiger partial charge in [0.25, 0.3) is 11.8 Å². The zero-order valence-corrected chi connectivity index (χ0v) is 16.4. The van der Waals surface area contributed by atoms with Gasteiger partial charge in [-0.2, -0.15) is 0 Å². The van der Waals surface area contributed by atoms with Crippen LogP contribution in [-0.4, -0.2) is 71.3 Å². The van der Waals surface area contributed by atoms with Crippen molar-refractivity contribution in [3.8, 4) is 5.75 Å². The number of hydrogen-bond donors (Lipinski definition) is 1. The van der Waals surface area contributed by atoms with Crippen LogP contribution in [0.5, 0.6) is 5.75 Å². The van der Waals surface area contributed by atoms with Gasteiger partial charge in [-0.25, -0.2) is 4.79 Å². The number of carboxylic acids is 1. The smallest absolute Gasteiger partial charge is 0.328 e. The molecule has 2 saturated heterocycles. The van der Waals surface area contributed by atoms with E-state index in [4.69, 9.17) is 13.9 Å². The van der Waals surface area contributed by atoms with Crippen LogP contribution in [0.4, 0.5) is 0 Å². The molecule has 2 aromatic rings. The second kappa shape index (κ2) is 7.83. The Balaban J connectivity index is 1.56. The fourth-order valence-corrected chi connectivity index (χ4v) is 4.04. The molecule has 3 heterocycles. The molecule has 1 N–H and O–H groups in total. The molecule has 2 fully saturated rings. The molecule has 9 heteroatoms. The number of nitrogens with zero attached hydrogens (tertiary/aromatic N) is 2. The number of amides is 2. The first-order valence-electron chi connectivity index (χ1n) is 9.62. The summed E-state index contributed by atoms with van der Waals surface area (Å²) in [5.41, 5.74) is -0.721. The Labute approximate surface area is 172 Å². The highest BCUT2D eigenvalue weighted by molar-refractivity contribution is 5.97. The summed E-state index contributed by atoms with van der Waals surface area (Å²) in [5.74, 6) is -0.946. The van der Waals surface area contributed by atoms with Crippen LogP contribution in [0.15, 0.2) is 47.1 Å². The highest BCUT2D eigenvalue weighted by Crippen LogP contribution is 2.39. The van der Waals surface area contributed by atoms with Crippen LogP contribution in [0.3, 0.4) is 0 Å². The zero-order chi connectivity index (χ0) is 21.3. The highest BCUT2D eigenvalue weighted by Gasteiger charge is 2.54. The largest absolute Gasteiger partial charge is 0.497 e. The molecule has 1 aromatic heterocycles. The van der Waals surface area contributed by atoms with Crippen LogP contribution in [0.2, 0.25) is 0 Å². The van der Waals surface area contributed by atoms with Crippen LogP contribution in [-0.2, 0) is 9.53 Å². The van der Waals surface area contributed by atoms with Crippen molar-refractivity contribution in [2.45, 2.75) is 24.6 Å². The van der Waals surface area contributed by atoms with Crippen molar-refractivity contribution < 1.29 is 33.4 Å². The van der Waals surface area contributed by atoms with Crippen molar-refractivity contribution in [3.63, 3.8) is 0 Å². The van der Waals surface area contributed by atoms with Gasteiger partial charge >= 0.3 is 5.97 Å². The van der Waals surface area contributed by atoms with E-state index in [2.05, 4.69) is 0 Å². The Morgan fingerprint density at radius 3 is 2.37 bits per heavy atom. The molecule has 2 aliphatic rings. The Bertz CT molecular complexity index is 931. The lowest BCUT2D eigenvalue weighted by molar-refractivity contribution is -0.143. The first kappa shape index (κ1) is 20.0. The SMILES string of the molecule is COc1ccc(C(=O)N2C(C(=O)O)COC23CCN(C(=O)c2ccco2)CC3)cc1. The maximum Gasteiger partial charge on any atom is 0.328 e. The average Bonchev–Trinajstić information content (AvgIpc) is 3.42. The van der Waals surface area contributed by atoms with Crippen molar-refractivity contribution in [1.82, 2.24) is 9.80 Å². The predicted molar refractivity (Wildman–Crippen MR) is 103 cm³/mol. The number of carbonyl (C=O) groups is 3. The van der Waals surface area contributed by atoms with Crippen LogP contribution >= 0.6 is 0 Å². The third kappa shape index (κ3) is 3.41. The third-order valence-corrected chi connectivity index (χ3v) is 5.67. The number of benzene rings is 1. The van der Waals surface area contributed by atoms with Gasteiger partial charge in [0.15, 0.2) is 11.8 Å². The summed E-state index contributed by atoms with van der Waals surface area (Å²) < 4.78 is 16.2. The van der Waals surface area contributed by atoms with Crippen LogP contribution in [0, 0.1) is 0 Å². The molecule has 1 spiro atoms. The Hall–Kier alpha value is -3.33. The zero-order valence-electron chi connectivity index (χ0n) is 16.4. The summed E-state index contributed by atoms with van der Waals surface area (Å²) >= 11 is 0.